The molecule has 0 saturated carbocycles. The monoisotopic (exact) mass is 484 g/mol. The zero-order valence-corrected chi connectivity index (χ0v) is 20.9. The van der Waals surface area contributed by atoms with Crippen LogP contribution in [0.15, 0.2) is 47.4 Å². The molecule has 2 aromatic carbocycles. The van der Waals surface area contributed by atoms with Gasteiger partial charge in [0, 0.05) is 24.9 Å². The molecule has 0 aliphatic carbocycles. The third-order valence-corrected chi connectivity index (χ3v) is 8.18. The maximum absolute atomic E-state index is 13.0. The molecule has 1 fully saturated rings. The molecule has 182 valence electrons. The predicted molar refractivity (Wildman–Crippen MR) is 133 cm³/mol. The number of sulfonamides is 1. The van der Waals surface area contributed by atoms with E-state index >= 15 is 0 Å². The highest BCUT2D eigenvalue weighted by Gasteiger charge is 2.32. The SMILES string of the molecule is CCC(=O)N1CC([C@H](C)c2nc3ccc(S(=O)(=O)Nc4ccccc4OC)cc3[nH]2)CC[C@@H]1C. The lowest BCUT2D eigenvalue weighted by atomic mass is 9.83. The van der Waals surface area contributed by atoms with Gasteiger partial charge in [0.15, 0.2) is 0 Å². The summed E-state index contributed by atoms with van der Waals surface area (Å²) >= 11 is 0. The molecule has 1 unspecified atom stereocenters. The number of benzene rings is 2. The van der Waals surface area contributed by atoms with E-state index < -0.39 is 10.0 Å². The molecule has 1 aliphatic rings. The van der Waals surface area contributed by atoms with Crippen LogP contribution in [-0.2, 0) is 14.8 Å². The minimum Gasteiger partial charge on any atom is -0.495 e. The highest BCUT2D eigenvalue weighted by molar-refractivity contribution is 7.92. The molecule has 8 nitrogen and oxygen atoms in total. The lowest BCUT2D eigenvalue weighted by Crippen LogP contribution is -2.46. The minimum absolute atomic E-state index is 0.110. The molecule has 1 saturated heterocycles. The van der Waals surface area contributed by atoms with Crippen molar-refractivity contribution in [2.45, 2.75) is 56.9 Å². The second-order valence-electron chi connectivity index (χ2n) is 8.98. The third kappa shape index (κ3) is 4.75. The number of hydrogen-bond donors (Lipinski definition) is 2. The number of nitrogens with one attached hydrogen (secondary N) is 2. The Hall–Kier alpha value is -3.07. The molecule has 1 amide bonds. The van der Waals surface area contributed by atoms with E-state index in [1.165, 1.54) is 7.11 Å². The first-order valence-corrected chi connectivity index (χ1v) is 13.2. The second-order valence-corrected chi connectivity index (χ2v) is 10.7. The highest BCUT2D eigenvalue weighted by Crippen LogP contribution is 2.34. The van der Waals surface area contributed by atoms with Crippen LogP contribution in [0.2, 0.25) is 0 Å². The average molecular weight is 485 g/mol. The van der Waals surface area contributed by atoms with Gasteiger partial charge in [-0.25, -0.2) is 13.4 Å². The summed E-state index contributed by atoms with van der Waals surface area (Å²) < 4.78 is 33.9. The first kappa shape index (κ1) is 24.1. The van der Waals surface area contributed by atoms with Gasteiger partial charge in [0.2, 0.25) is 5.91 Å². The second kappa shape index (κ2) is 9.66. The number of methoxy groups -OCH3 is 1. The fraction of sp³-hybridized carbons (Fsp3) is 0.440. The zero-order valence-electron chi connectivity index (χ0n) is 20.0. The molecule has 34 heavy (non-hydrogen) atoms. The number of amides is 1. The van der Waals surface area contributed by atoms with E-state index in [-0.39, 0.29) is 22.8 Å². The van der Waals surface area contributed by atoms with E-state index in [0.29, 0.717) is 41.4 Å². The number of hydrogen-bond acceptors (Lipinski definition) is 5. The van der Waals surface area contributed by atoms with E-state index in [2.05, 4.69) is 23.6 Å². The molecule has 3 atom stereocenters. The van der Waals surface area contributed by atoms with Crippen molar-refractivity contribution in [2.24, 2.45) is 5.92 Å². The third-order valence-electron chi connectivity index (χ3n) is 6.81. The van der Waals surface area contributed by atoms with Crippen molar-refractivity contribution < 1.29 is 17.9 Å². The number of aromatic nitrogens is 2. The number of fused-ring (bicyclic) bond motifs is 1. The molecule has 0 radical (unpaired) electrons. The van der Waals surface area contributed by atoms with E-state index in [0.717, 1.165) is 18.7 Å². The molecule has 4 rings (SSSR count). The van der Waals surface area contributed by atoms with E-state index in [1.54, 1.807) is 42.5 Å². The van der Waals surface area contributed by atoms with Crippen LogP contribution in [0.5, 0.6) is 5.75 Å². The quantitative estimate of drug-likeness (QED) is 0.513. The van der Waals surface area contributed by atoms with Crippen molar-refractivity contribution in [2.75, 3.05) is 18.4 Å². The number of anilines is 1. The van der Waals surface area contributed by atoms with E-state index in [9.17, 15) is 13.2 Å². The molecule has 2 heterocycles. The summed E-state index contributed by atoms with van der Waals surface area (Å²) in [4.78, 5) is 22.6. The van der Waals surface area contributed by atoms with Gasteiger partial charge in [-0.3, -0.25) is 9.52 Å². The van der Waals surface area contributed by atoms with Crippen LogP contribution in [0.4, 0.5) is 5.69 Å². The molecular weight excluding hydrogens is 452 g/mol. The number of aromatic amines is 1. The fourth-order valence-electron chi connectivity index (χ4n) is 4.64. The normalized spacial score (nSPS) is 19.7. The zero-order chi connectivity index (χ0) is 24.5. The standard InChI is InChI=1S/C25H32N4O4S/c1-5-24(30)29-15-18(11-10-16(29)2)17(3)25-26-20-13-12-19(14-22(20)27-25)34(31,32)28-21-8-6-7-9-23(21)33-4/h6-9,12-14,16-18,28H,5,10-11,15H2,1-4H3,(H,26,27)/t16-,17-,18?/m0/s1. The summed E-state index contributed by atoms with van der Waals surface area (Å²) in [5, 5.41) is 0. The largest absolute Gasteiger partial charge is 0.495 e. The van der Waals surface area contributed by atoms with Gasteiger partial charge in [0.25, 0.3) is 10.0 Å². The van der Waals surface area contributed by atoms with Crippen LogP contribution in [0, 0.1) is 5.92 Å². The van der Waals surface area contributed by atoms with Crippen LogP contribution in [0.1, 0.15) is 51.8 Å². The van der Waals surface area contributed by atoms with Gasteiger partial charge in [-0.2, -0.15) is 0 Å². The highest BCUT2D eigenvalue weighted by atomic mass is 32.2. The molecule has 9 heteroatoms. The Morgan fingerprint density at radius 3 is 2.76 bits per heavy atom. The van der Waals surface area contributed by atoms with Crippen molar-refractivity contribution in [1.29, 1.82) is 0 Å². The maximum Gasteiger partial charge on any atom is 0.262 e. The Morgan fingerprint density at radius 2 is 2.03 bits per heavy atom. The summed E-state index contributed by atoms with van der Waals surface area (Å²) in [5.41, 5.74) is 1.75. The molecule has 0 bridgehead atoms. The number of likely N-dealkylation sites (tertiary alicyclic amines) is 1. The average Bonchev–Trinajstić information content (AvgIpc) is 3.27. The summed E-state index contributed by atoms with van der Waals surface area (Å²) in [6, 6.07) is 12.0. The van der Waals surface area contributed by atoms with Gasteiger partial charge in [-0.1, -0.05) is 26.0 Å². The van der Waals surface area contributed by atoms with Gasteiger partial charge in [-0.05, 0) is 56.0 Å². The lowest BCUT2D eigenvalue weighted by molar-refractivity contribution is -0.135. The Balaban J connectivity index is 1.57. The molecule has 0 spiro atoms. The molecule has 3 aromatic rings. The van der Waals surface area contributed by atoms with E-state index in [4.69, 9.17) is 9.72 Å². The number of piperidine rings is 1. The van der Waals surface area contributed by atoms with Crippen LogP contribution in [0.25, 0.3) is 11.0 Å². The number of para-hydroxylation sites is 2. The first-order chi connectivity index (χ1) is 16.2. The molecule has 1 aliphatic heterocycles. The number of rotatable bonds is 7. The topological polar surface area (TPSA) is 104 Å². The van der Waals surface area contributed by atoms with Gasteiger partial charge in [0.1, 0.15) is 11.6 Å². The first-order valence-electron chi connectivity index (χ1n) is 11.7. The Morgan fingerprint density at radius 1 is 1.26 bits per heavy atom. The number of carbonyl (C=O) groups excluding carboxylic acids is 1. The van der Waals surface area contributed by atoms with Crippen LogP contribution >= 0.6 is 0 Å². The van der Waals surface area contributed by atoms with Crippen molar-refractivity contribution in [3.8, 4) is 5.75 Å². The number of ether oxygens (including phenoxy) is 1. The maximum atomic E-state index is 13.0. The molecular formula is C25H32N4O4S. The summed E-state index contributed by atoms with van der Waals surface area (Å²) in [5.74, 6) is 1.85. The minimum atomic E-state index is -3.82. The van der Waals surface area contributed by atoms with Crippen LogP contribution < -0.4 is 9.46 Å². The lowest BCUT2D eigenvalue weighted by Gasteiger charge is -2.39. The summed E-state index contributed by atoms with van der Waals surface area (Å²) in [6.45, 7) is 6.84. The number of carbonyl (C=O) groups is 1. The number of imidazole rings is 1. The Bertz CT molecular complexity index is 1290. The Kier molecular flexibility index (Phi) is 6.84. The van der Waals surface area contributed by atoms with Crippen molar-refractivity contribution in [3.63, 3.8) is 0 Å². The van der Waals surface area contributed by atoms with Crippen molar-refractivity contribution >= 4 is 32.7 Å². The van der Waals surface area contributed by atoms with Gasteiger partial charge >= 0.3 is 0 Å². The Labute approximate surface area is 200 Å². The van der Waals surface area contributed by atoms with Crippen molar-refractivity contribution in [3.05, 3.63) is 48.3 Å². The van der Waals surface area contributed by atoms with Gasteiger partial charge in [-0.15, -0.1) is 0 Å². The summed E-state index contributed by atoms with van der Waals surface area (Å²) in [6.07, 6.45) is 2.50. The van der Waals surface area contributed by atoms with Crippen molar-refractivity contribution in [1.82, 2.24) is 14.9 Å². The van der Waals surface area contributed by atoms with Gasteiger partial charge < -0.3 is 14.6 Å². The number of nitrogens with zero attached hydrogens (tertiary/aromatic N) is 2. The number of H-pyrrole nitrogens is 1. The smallest absolute Gasteiger partial charge is 0.262 e. The van der Waals surface area contributed by atoms with E-state index in [1.807, 2.05) is 11.8 Å². The predicted octanol–water partition coefficient (Wildman–Crippen LogP) is 4.51. The van der Waals surface area contributed by atoms with Crippen LogP contribution in [0.3, 0.4) is 0 Å². The molecule has 1 aromatic heterocycles. The van der Waals surface area contributed by atoms with Crippen LogP contribution in [-0.4, -0.2) is 48.9 Å². The fourth-order valence-corrected chi connectivity index (χ4v) is 5.74. The summed E-state index contributed by atoms with van der Waals surface area (Å²) in [7, 11) is -2.32. The van der Waals surface area contributed by atoms with Gasteiger partial charge in [0.05, 0.1) is 28.7 Å². The molecule has 2 N–H and O–H groups in total.